The molecular weight excluding hydrogens is 214 g/mol. The Hall–Kier alpha value is -0.800. The van der Waals surface area contributed by atoms with Crippen molar-refractivity contribution < 1.29 is 9.15 Å². The Bertz CT molecular complexity index is 291. The fourth-order valence-corrected chi connectivity index (χ4v) is 2.64. The minimum absolute atomic E-state index is 0.606. The first-order valence-electron chi connectivity index (χ1n) is 6.73. The van der Waals surface area contributed by atoms with E-state index in [1.807, 2.05) is 6.07 Å². The van der Waals surface area contributed by atoms with Gasteiger partial charge >= 0.3 is 0 Å². The van der Waals surface area contributed by atoms with E-state index >= 15 is 0 Å². The molecule has 0 bridgehead atoms. The molecule has 3 nitrogen and oxygen atoms in total. The Labute approximate surface area is 104 Å². The molecule has 1 atom stereocenters. The molecule has 0 saturated carbocycles. The summed E-state index contributed by atoms with van der Waals surface area (Å²) in [6.07, 6.45) is 6.33. The molecule has 1 aliphatic heterocycles. The van der Waals surface area contributed by atoms with E-state index in [2.05, 4.69) is 18.3 Å². The van der Waals surface area contributed by atoms with E-state index < -0.39 is 0 Å². The number of aryl methyl sites for hydroxylation is 1. The standard InChI is InChI=1S/C14H23NO2/c1-2-15-14(12-7-10-16-11-8-12)6-5-13-4-3-9-17-13/h3-4,9,12,14-15H,2,5-8,10-11H2,1H3. The van der Waals surface area contributed by atoms with E-state index in [1.165, 1.54) is 12.8 Å². The van der Waals surface area contributed by atoms with Gasteiger partial charge in [-0.2, -0.15) is 0 Å². The highest BCUT2D eigenvalue weighted by Gasteiger charge is 2.23. The Kier molecular flexibility index (Phi) is 5.08. The third-order valence-corrected chi connectivity index (χ3v) is 3.58. The lowest BCUT2D eigenvalue weighted by Gasteiger charge is -2.30. The lowest BCUT2D eigenvalue weighted by molar-refractivity contribution is 0.0527. The summed E-state index contributed by atoms with van der Waals surface area (Å²) in [5.41, 5.74) is 0. The van der Waals surface area contributed by atoms with Crippen LogP contribution in [0.5, 0.6) is 0 Å². The molecule has 1 N–H and O–H groups in total. The van der Waals surface area contributed by atoms with E-state index in [4.69, 9.17) is 9.15 Å². The zero-order valence-electron chi connectivity index (χ0n) is 10.7. The fourth-order valence-electron chi connectivity index (χ4n) is 2.64. The van der Waals surface area contributed by atoms with Gasteiger partial charge in [-0.1, -0.05) is 6.92 Å². The Morgan fingerprint density at radius 1 is 1.41 bits per heavy atom. The van der Waals surface area contributed by atoms with Gasteiger partial charge in [-0.15, -0.1) is 0 Å². The van der Waals surface area contributed by atoms with Crippen LogP contribution < -0.4 is 5.32 Å². The maximum Gasteiger partial charge on any atom is 0.103 e. The fraction of sp³-hybridized carbons (Fsp3) is 0.714. The van der Waals surface area contributed by atoms with Gasteiger partial charge in [0.2, 0.25) is 0 Å². The van der Waals surface area contributed by atoms with Crippen LogP contribution in [0.1, 0.15) is 31.9 Å². The molecule has 3 heteroatoms. The number of ether oxygens (including phenoxy) is 1. The van der Waals surface area contributed by atoms with Crippen molar-refractivity contribution in [2.45, 2.75) is 38.6 Å². The second-order valence-electron chi connectivity index (χ2n) is 4.73. The number of hydrogen-bond donors (Lipinski definition) is 1. The van der Waals surface area contributed by atoms with Crippen LogP contribution in [0.4, 0.5) is 0 Å². The van der Waals surface area contributed by atoms with Crippen LogP contribution in [0.2, 0.25) is 0 Å². The normalized spacial score (nSPS) is 19.4. The summed E-state index contributed by atoms with van der Waals surface area (Å²) in [6, 6.07) is 4.63. The molecule has 1 aliphatic rings. The van der Waals surface area contributed by atoms with Crippen LogP contribution in [0.25, 0.3) is 0 Å². The summed E-state index contributed by atoms with van der Waals surface area (Å²) in [4.78, 5) is 0. The van der Waals surface area contributed by atoms with Crippen LogP contribution in [0.3, 0.4) is 0 Å². The van der Waals surface area contributed by atoms with Gasteiger partial charge in [0.1, 0.15) is 5.76 Å². The number of hydrogen-bond acceptors (Lipinski definition) is 3. The maximum atomic E-state index is 5.43. The maximum absolute atomic E-state index is 5.43. The van der Waals surface area contributed by atoms with Gasteiger partial charge < -0.3 is 14.5 Å². The Morgan fingerprint density at radius 3 is 2.88 bits per heavy atom. The van der Waals surface area contributed by atoms with E-state index in [0.717, 1.165) is 44.3 Å². The summed E-state index contributed by atoms with van der Waals surface area (Å²) in [5.74, 6) is 1.86. The molecule has 1 fully saturated rings. The summed E-state index contributed by atoms with van der Waals surface area (Å²) >= 11 is 0. The van der Waals surface area contributed by atoms with Crippen molar-refractivity contribution in [3.05, 3.63) is 24.2 Å². The van der Waals surface area contributed by atoms with E-state index in [1.54, 1.807) is 6.26 Å². The quantitative estimate of drug-likeness (QED) is 0.826. The first kappa shape index (κ1) is 12.7. The van der Waals surface area contributed by atoms with Crippen LogP contribution in [0, 0.1) is 5.92 Å². The van der Waals surface area contributed by atoms with Gasteiger partial charge in [0.25, 0.3) is 0 Å². The highest BCUT2D eigenvalue weighted by molar-refractivity contribution is 4.99. The predicted molar refractivity (Wildman–Crippen MR) is 68.0 cm³/mol. The van der Waals surface area contributed by atoms with Gasteiger partial charge in [0, 0.05) is 25.7 Å². The molecule has 1 unspecified atom stereocenters. The van der Waals surface area contributed by atoms with Crippen molar-refractivity contribution in [3.63, 3.8) is 0 Å². The van der Waals surface area contributed by atoms with Crippen molar-refractivity contribution in [2.24, 2.45) is 5.92 Å². The smallest absolute Gasteiger partial charge is 0.103 e. The monoisotopic (exact) mass is 237 g/mol. The lowest BCUT2D eigenvalue weighted by Crippen LogP contribution is -2.39. The minimum Gasteiger partial charge on any atom is -0.469 e. The minimum atomic E-state index is 0.606. The SMILES string of the molecule is CCNC(CCc1ccco1)C1CCOCC1. The molecule has 2 rings (SSSR count). The largest absolute Gasteiger partial charge is 0.469 e. The van der Waals surface area contributed by atoms with Crippen molar-refractivity contribution >= 4 is 0 Å². The van der Waals surface area contributed by atoms with Gasteiger partial charge in [-0.3, -0.25) is 0 Å². The number of furan rings is 1. The molecule has 0 aromatic carbocycles. The molecular formula is C14H23NO2. The van der Waals surface area contributed by atoms with Crippen LogP contribution >= 0.6 is 0 Å². The predicted octanol–water partition coefficient (Wildman–Crippen LogP) is 2.62. The Balaban J connectivity index is 1.82. The zero-order chi connectivity index (χ0) is 11.9. The van der Waals surface area contributed by atoms with Crippen molar-refractivity contribution in [3.8, 4) is 0 Å². The topological polar surface area (TPSA) is 34.4 Å². The van der Waals surface area contributed by atoms with Gasteiger partial charge in [0.15, 0.2) is 0 Å². The van der Waals surface area contributed by atoms with Crippen LogP contribution in [-0.2, 0) is 11.2 Å². The molecule has 1 aromatic rings. The highest BCUT2D eigenvalue weighted by atomic mass is 16.5. The average Bonchev–Trinajstić information content (AvgIpc) is 2.88. The second kappa shape index (κ2) is 6.82. The van der Waals surface area contributed by atoms with E-state index in [9.17, 15) is 0 Å². The molecule has 1 aromatic heterocycles. The van der Waals surface area contributed by atoms with Gasteiger partial charge in [-0.05, 0) is 43.9 Å². The summed E-state index contributed by atoms with van der Waals surface area (Å²) in [7, 11) is 0. The molecule has 2 heterocycles. The molecule has 17 heavy (non-hydrogen) atoms. The summed E-state index contributed by atoms with van der Waals surface area (Å²) in [6.45, 7) is 5.07. The average molecular weight is 237 g/mol. The Morgan fingerprint density at radius 2 is 2.24 bits per heavy atom. The zero-order valence-corrected chi connectivity index (χ0v) is 10.7. The molecule has 1 saturated heterocycles. The number of nitrogens with one attached hydrogen (secondary N) is 1. The lowest BCUT2D eigenvalue weighted by atomic mass is 9.88. The molecule has 0 radical (unpaired) electrons. The van der Waals surface area contributed by atoms with E-state index in [-0.39, 0.29) is 0 Å². The highest BCUT2D eigenvalue weighted by Crippen LogP contribution is 2.22. The van der Waals surface area contributed by atoms with E-state index in [0.29, 0.717) is 6.04 Å². The molecule has 0 spiro atoms. The molecule has 0 amide bonds. The summed E-state index contributed by atoms with van der Waals surface area (Å²) in [5, 5.41) is 3.62. The molecule has 96 valence electrons. The van der Waals surface area contributed by atoms with Crippen molar-refractivity contribution in [1.29, 1.82) is 0 Å². The van der Waals surface area contributed by atoms with Gasteiger partial charge in [0.05, 0.1) is 6.26 Å². The molecule has 0 aliphatic carbocycles. The number of rotatable bonds is 6. The third-order valence-electron chi connectivity index (χ3n) is 3.58. The van der Waals surface area contributed by atoms with Crippen molar-refractivity contribution in [2.75, 3.05) is 19.8 Å². The van der Waals surface area contributed by atoms with Crippen LogP contribution in [0.15, 0.2) is 22.8 Å². The van der Waals surface area contributed by atoms with Crippen LogP contribution in [-0.4, -0.2) is 25.8 Å². The van der Waals surface area contributed by atoms with Crippen molar-refractivity contribution in [1.82, 2.24) is 5.32 Å². The third kappa shape index (κ3) is 3.86. The first-order chi connectivity index (χ1) is 8.40. The first-order valence-corrected chi connectivity index (χ1v) is 6.73. The second-order valence-corrected chi connectivity index (χ2v) is 4.73. The summed E-state index contributed by atoms with van der Waals surface area (Å²) < 4.78 is 10.8. The van der Waals surface area contributed by atoms with Gasteiger partial charge in [-0.25, -0.2) is 0 Å².